The molecular weight excluding hydrogens is 242 g/mol. The minimum Gasteiger partial charge on any atom is -0.368 e. The highest BCUT2D eigenvalue weighted by Crippen LogP contribution is 2.29. The van der Waals surface area contributed by atoms with E-state index in [-0.39, 0.29) is 24.4 Å². The summed E-state index contributed by atoms with van der Waals surface area (Å²) in [6.45, 7) is 4.81. The Morgan fingerprint density at radius 1 is 1.32 bits per heavy atom. The average molecular weight is 269 g/mol. The van der Waals surface area contributed by atoms with E-state index in [4.69, 9.17) is 11.5 Å². The van der Waals surface area contributed by atoms with Gasteiger partial charge in [0, 0.05) is 18.5 Å². The number of hydrogen-bond donors (Lipinski definition) is 2. The fourth-order valence-electron chi connectivity index (χ4n) is 2.71. The Labute approximate surface area is 115 Å². The summed E-state index contributed by atoms with van der Waals surface area (Å²) in [6.07, 6.45) is 4.43. The standard InChI is InChI=1S/C14H27N3O2/c1-3-4-7-17(9-13(16)18)14(19)11-5-6-12(15)10(2)8-11/h10-12H,3-9,15H2,1-2H3,(H2,16,18). The van der Waals surface area contributed by atoms with E-state index in [1.54, 1.807) is 4.90 Å². The predicted molar refractivity (Wildman–Crippen MR) is 75.2 cm³/mol. The zero-order valence-electron chi connectivity index (χ0n) is 12.1. The third-order valence-corrected chi connectivity index (χ3v) is 4.02. The van der Waals surface area contributed by atoms with Crippen LogP contribution in [0, 0.1) is 11.8 Å². The van der Waals surface area contributed by atoms with E-state index >= 15 is 0 Å². The highest BCUT2D eigenvalue weighted by Gasteiger charge is 2.32. The molecule has 0 radical (unpaired) electrons. The Morgan fingerprint density at radius 3 is 2.53 bits per heavy atom. The number of rotatable bonds is 6. The molecule has 3 atom stereocenters. The lowest BCUT2D eigenvalue weighted by Crippen LogP contribution is -2.45. The summed E-state index contributed by atoms with van der Waals surface area (Å²) in [7, 11) is 0. The molecule has 0 bridgehead atoms. The van der Waals surface area contributed by atoms with Crippen molar-refractivity contribution < 1.29 is 9.59 Å². The quantitative estimate of drug-likeness (QED) is 0.749. The fourth-order valence-corrected chi connectivity index (χ4v) is 2.71. The van der Waals surface area contributed by atoms with Crippen molar-refractivity contribution in [1.82, 2.24) is 4.90 Å². The summed E-state index contributed by atoms with van der Waals surface area (Å²) >= 11 is 0. The van der Waals surface area contributed by atoms with E-state index in [1.165, 1.54) is 0 Å². The topological polar surface area (TPSA) is 89.4 Å². The van der Waals surface area contributed by atoms with Crippen molar-refractivity contribution in [1.29, 1.82) is 0 Å². The van der Waals surface area contributed by atoms with Crippen LogP contribution in [0.5, 0.6) is 0 Å². The number of carbonyl (C=O) groups is 2. The SMILES string of the molecule is CCCCN(CC(N)=O)C(=O)C1CCC(N)C(C)C1. The molecule has 1 aliphatic carbocycles. The zero-order valence-corrected chi connectivity index (χ0v) is 12.1. The van der Waals surface area contributed by atoms with Gasteiger partial charge in [0.05, 0.1) is 6.54 Å². The molecule has 0 aromatic heterocycles. The first-order valence-corrected chi connectivity index (χ1v) is 7.28. The third-order valence-electron chi connectivity index (χ3n) is 4.02. The number of hydrogen-bond acceptors (Lipinski definition) is 3. The Balaban J connectivity index is 2.61. The molecule has 0 spiro atoms. The van der Waals surface area contributed by atoms with Crippen LogP contribution in [0.25, 0.3) is 0 Å². The molecule has 0 heterocycles. The maximum atomic E-state index is 12.5. The summed E-state index contributed by atoms with van der Waals surface area (Å²) in [5.74, 6) is 0.00585. The van der Waals surface area contributed by atoms with E-state index in [2.05, 4.69) is 13.8 Å². The van der Waals surface area contributed by atoms with Gasteiger partial charge >= 0.3 is 0 Å². The average Bonchev–Trinajstić information content (AvgIpc) is 2.36. The van der Waals surface area contributed by atoms with Crippen molar-refractivity contribution in [3.8, 4) is 0 Å². The zero-order chi connectivity index (χ0) is 14.4. The monoisotopic (exact) mass is 269 g/mol. The number of nitrogens with zero attached hydrogens (tertiary/aromatic N) is 1. The van der Waals surface area contributed by atoms with Gasteiger partial charge in [-0.1, -0.05) is 20.3 Å². The van der Waals surface area contributed by atoms with Crippen LogP contribution >= 0.6 is 0 Å². The highest BCUT2D eigenvalue weighted by atomic mass is 16.2. The van der Waals surface area contributed by atoms with Gasteiger partial charge in [-0.25, -0.2) is 0 Å². The molecule has 19 heavy (non-hydrogen) atoms. The van der Waals surface area contributed by atoms with E-state index < -0.39 is 5.91 Å². The molecule has 0 aliphatic heterocycles. The van der Waals surface area contributed by atoms with Crippen molar-refractivity contribution in [2.24, 2.45) is 23.3 Å². The van der Waals surface area contributed by atoms with Gasteiger partial charge < -0.3 is 16.4 Å². The van der Waals surface area contributed by atoms with Gasteiger partial charge in [0.1, 0.15) is 0 Å². The summed E-state index contributed by atoms with van der Waals surface area (Å²) in [5.41, 5.74) is 11.2. The van der Waals surface area contributed by atoms with E-state index in [9.17, 15) is 9.59 Å². The first kappa shape index (κ1) is 16.0. The minimum absolute atomic E-state index is 0.00556. The normalized spacial score (nSPS) is 27.0. The van der Waals surface area contributed by atoms with Gasteiger partial charge in [0.15, 0.2) is 0 Å². The fraction of sp³-hybridized carbons (Fsp3) is 0.857. The van der Waals surface area contributed by atoms with Crippen LogP contribution < -0.4 is 11.5 Å². The Kier molecular flexibility index (Phi) is 6.28. The van der Waals surface area contributed by atoms with Crippen LogP contribution in [0.1, 0.15) is 46.0 Å². The first-order valence-electron chi connectivity index (χ1n) is 7.28. The lowest BCUT2D eigenvalue weighted by atomic mass is 9.78. The van der Waals surface area contributed by atoms with Crippen molar-refractivity contribution in [2.75, 3.05) is 13.1 Å². The summed E-state index contributed by atoms with van der Waals surface area (Å²) in [6, 6.07) is 0.198. The van der Waals surface area contributed by atoms with Crippen LogP contribution in [0.4, 0.5) is 0 Å². The number of primary amides is 1. The van der Waals surface area contributed by atoms with Crippen molar-refractivity contribution in [3.05, 3.63) is 0 Å². The summed E-state index contributed by atoms with van der Waals surface area (Å²) in [5, 5.41) is 0. The van der Waals surface area contributed by atoms with E-state index in [0.717, 1.165) is 32.1 Å². The highest BCUT2D eigenvalue weighted by molar-refractivity contribution is 5.85. The second kappa shape index (κ2) is 7.48. The molecule has 2 amide bonds. The third kappa shape index (κ3) is 4.82. The Morgan fingerprint density at radius 2 is 2.00 bits per heavy atom. The van der Waals surface area contributed by atoms with Crippen LogP contribution in [0.15, 0.2) is 0 Å². The van der Waals surface area contributed by atoms with Gasteiger partial charge in [-0.2, -0.15) is 0 Å². The molecule has 0 aromatic carbocycles. The smallest absolute Gasteiger partial charge is 0.237 e. The molecule has 5 heteroatoms. The van der Waals surface area contributed by atoms with Crippen LogP contribution in [-0.4, -0.2) is 35.8 Å². The first-order chi connectivity index (χ1) is 8.95. The lowest BCUT2D eigenvalue weighted by molar-refractivity contribution is -0.140. The minimum atomic E-state index is -0.440. The van der Waals surface area contributed by atoms with Gasteiger partial charge in [0.25, 0.3) is 0 Å². The van der Waals surface area contributed by atoms with E-state index in [0.29, 0.717) is 12.5 Å². The molecule has 1 saturated carbocycles. The van der Waals surface area contributed by atoms with Gasteiger partial charge in [-0.3, -0.25) is 9.59 Å². The van der Waals surface area contributed by atoms with Crippen molar-refractivity contribution >= 4 is 11.8 Å². The Hall–Kier alpha value is -1.10. The van der Waals surface area contributed by atoms with Crippen LogP contribution in [0.3, 0.4) is 0 Å². The molecule has 1 fully saturated rings. The second-order valence-corrected chi connectivity index (χ2v) is 5.73. The van der Waals surface area contributed by atoms with Crippen LogP contribution in [-0.2, 0) is 9.59 Å². The summed E-state index contributed by atoms with van der Waals surface area (Å²) in [4.78, 5) is 25.2. The second-order valence-electron chi connectivity index (χ2n) is 5.73. The maximum absolute atomic E-state index is 12.5. The van der Waals surface area contributed by atoms with Gasteiger partial charge in [0.2, 0.25) is 11.8 Å². The maximum Gasteiger partial charge on any atom is 0.237 e. The molecule has 4 N–H and O–H groups in total. The number of carbonyl (C=O) groups excluding carboxylic acids is 2. The van der Waals surface area contributed by atoms with Crippen molar-refractivity contribution in [2.45, 2.75) is 52.0 Å². The Bertz CT molecular complexity index is 320. The number of nitrogens with two attached hydrogens (primary N) is 2. The molecule has 0 saturated heterocycles. The molecule has 110 valence electrons. The molecule has 3 unspecified atom stereocenters. The number of amides is 2. The number of unbranched alkanes of at least 4 members (excludes halogenated alkanes) is 1. The van der Waals surface area contributed by atoms with Crippen LogP contribution in [0.2, 0.25) is 0 Å². The molecule has 1 aliphatic rings. The lowest BCUT2D eigenvalue weighted by Gasteiger charge is -2.34. The van der Waals surface area contributed by atoms with E-state index in [1.807, 2.05) is 0 Å². The molecule has 1 rings (SSSR count). The van der Waals surface area contributed by atoms with Gasteiger partial charge in [-0.15, -0.1) is 0 Å². The van der Waals surface area contributed by atoms with Gasteiger partial charge in [-0.05, 0) is 31.6 Å². The summed E-state index contributed by atoms with van der Waals surface area (Å²) < 4.78 is 0. The van der Waals surface area contributed by atoms with Crippen molar-refractivity contribution in [3.63, 3.8) is 0 Å². The largest absolute Gasteiger partial charge is 0.368 e. The predicted octanol–water partition coefficient (Wildman–Crippen LogP) is 0.864. The molecule has 5 nitrogen and oxygen atoms in total. The molecule has 0 aromatic rings. The molecular formula is C14H27N3O2.